The molecule has 0 aromatic heterocycles. The van der Waals surface area contributed by atoms with Gasteiger partial charge in [0.15, 0.2) is 0 Å². The van der Waals surface area contributed by atoms with Crippen molar-refractivity contribution in [3.8, 4) is 16.9 Å². The predicted molar refractivity (Wildman–Crippen MR) is 111 cm³/mol. The Labute approximate surface area is 165 Å². The molecule has 3 nitrogen and oxygen atoms in total. The largest absolute Gasteiger partial charge is 0.487 e. The molecule has 1 atom stereocenters. The third-order valence-electron chi connectivity index (χ3n) is 5.47. The molecular formula is C25H24O3. The highest BCUT2D eigenvalue weighted by Crippen LogP contribution is 2.38. The second kappa shape index (κ2) is 7.16. The molecule has 0 aliphatic carbocycles. The van der Waals surface area contributed by atoms with E-state index in [4.69, 9.17) is 4.74 Å². The Morgan fingerprint density at radius 2 is 1.89 bits per heavy atom. The molecule has 1 aliphatic rings. The van der Waals surface area contributed by atoms with E-state index in [1.54, 1.807) is 12.1 Å². The normalized spacial score (nSPS) is 18.2. The van der Waals surface area contributed by atoms with E-state index in [1.165, 1.54) is 11.1 Å². The molecule has 0 radical (unpaired) electrons. The number of fused-ring (bicyclic) bond motifs is 1. The summed E-state index contributed by atoms with van der Waals surface area (Å²) in [6.45, 7) is 4.28. The highest BCUT2D eigenvalue weighted by atomic mass is 16.5. The lowest BCUT2D eigenvalue weighted by Crippen LogP contribution is -2.38. The molecule has 3 heteroatoms. The summed E-state index contributed by atoms with van der Waals surface area (Å²) in [5.74, 6) is -0.00624. The molecule has 0 saturated carbocycles. The smallest absolute Gasteiger partial charge is 0.336 e. The van der Waals surface area contributed by atoms with Gasteiger partial charge in [-0.25, -0.2) is 4.79 Å². The third-order valence-corrected chi connectivity index (χ3v) is 5.47. The molecule has 0 spiro atoms. The van der Waals surface area contributed by atoms with Crippen LogP contribution >= 0.6 is 0 Å². The maximum atomic E-state index is 11.5. The predicted octanol–water partition coefficient (Wildman–Crippen LogP) is 5.69. The minimum absolute atomic E-state index is 0.235. The number of carbonyl (C=O) groups is 1. The number of carboxylic acid groups (broad SMARTS) is 1. The summed E-state index contributed by atoms with van der Waals surface area (Å²) in [4.78, 5) is 11.5. The summed E-state index contributed by atoms with van der Waals surface area (Å²) < 4.78 is 6.42. The lowest BCUT2D eigenvalue weighted by atomic mass is 9.86. The maximum absolute atomic E-state index is 11.5. The number of benzene rings is 3. The number of hydrogen-bond donors (Lipinski definition) is 1. The second-order valence-corrected chi connectivity index (χ2v) is 7.89. The molecule has 0 unspecified atom stereocenters. The van der Waals surface area contributed by atoms with Gasteiger partial charge in [0.05, 0.1) is 5.56 Å². The van der Waals surface area contributed by atoms with Crippen molar-refractivity contribution in [2.45, 2.75) is 38.7 Å². The summed E-state index contributed by atoms with van der Waals surface area (Å²) in [7, 11) is 0. The monoisotopic (exact) mass is 372 g/mol. The van der Waals surface area contributed by atoms with Crippen LogP contribution in [0.2, 0.25) is 0 Å². The molecule has 4 rings (SSSR count). The van der Waals surface area contributed by atoms with Crippen molar-refractivity contribution >= 4 is 5.97 Å². The molecule has 0 amide bonds. The van der Waals surface area contributed by atoms with Crippen molar-refractivity contribution in [3.63, 3.8) is 0 Å². The molecule has 28 heavy (non-hydrogen) atoms. The van der Waals surface area contributed by atoms with Gasteiger partial charge in [0.25, 0.3) is 0 Å². The van der Waals surface area contributed by atoms with E-state index < -0.39 is 5.97 Å². The van der Waals surface area contributed by atoms with Gasteiger partial charge in [-0.15, -0.1) is 0 Å². The molecule has 0 bridgehead atoms. The Morgan fingerprint density at radius 3 is 2.68 bits per heavy atom. The van der Waals surface area contributed by atoms with Crippen molar-refractivity contribution in [2.24, 2.45) is 0 Å². The lowest BCUT2D eigenvalue weighted by molar-refractivity contribution is 0.0654. The fraction of sp³-hybridized carbons (Fsp3) is 0.240. The van der Waals surface area contributed by atoms with Crippen molar-refractivity contribution < 1.29 is 14.6 Å². The van der Waals surface area contributed by atoms with Crippen LogP contribution in [0.1, 0.15) is 40.4 Å². The molecule has 0 saturated heterocycles. The van der Waals surface area contributed by atoms with E-state index in [0.717, 1.165) is 41.7 Å². The number of aromatic carboxylic acids is 1. The number of carboxylic acids is 1. The quantitative estimate of drug-likeness (QED) is 0.640. The Balaban J connectivity index is 1.61. The van der Waals surface area contributed by atoms with Crippen LogP contribution in [0.5, 0.6) is 5.75 Å². The van der Waals surface area contributed by atoms with E-state index in [-0.39, 0.29) is 5.60 Å². The van der Waals surface area contributed by atoms with Crippen molar-refractivity contribution in [3.05, 3.63) is 89.0 Å². The van der Waals surface area contributed by atoms with Crippen LogP contribution in [0.15, 0.2) is 66.7 Å². The second-order valence-electron chi connectivity index (χ2n) is 7.89. The number of rotatable bonds is 4. The molecule has 3 aromatic rings. The van der Waals surface area contributed by atoms with Crippen LogP contribution < -0.4 is 4.74 Å². The van der Waals surface area contributed by atoms with Gasteiger partial charge in [0.1, 0.15) is 11.4 Å². The Kier molecular flexibility index (Phi) is 4.68. The van der Waals surface area contributed by atoms with E-state index >= 15 is 0 Å². The van der Waals surface area contributed by atoms with Gasteiger partial charge in [0, 0.05) is 6.42 Å². The van der Waals surface area contributed by atoms with Crippen LogP contribution in [0.3, 0.4) is 0 Å². The first-order valence-corrected chi connectivity index (χ1v) is 9.64. The minimum Gasteiger partial charge on any atom is -0.487 e. The van der Waals surface area contributed by atoms with Crippen LogP contribution in [-0.4, -0.2) is 16.7 Å². The van der Waals surface area contributed by atoms with Gasteiger partial charge >= 0.3 is 5.97 Å². The minimum atomic E-state index is -0.907. The molecule has 0 fully saturated rings. The fourth-order valence-electron chi connectivity index (χ4n) is 4.06. The Bertz CT molecular complexity index is 1040. The zero-order valence-corrected chi connectivity index (χ0v) is 16.2. The lowest BCUT2D eigenvalue weighted by Gasteiger charge is -2.36. The number of hydrogen-bond acceptors (Lipinski definition) is 2. The summed E-state index contributed by atoms with van der Waals surface area (Å²) >= 11 is 0. The van der Waals surface area contributed by atoms with E-state index in [2.05, 4.69) is 44.2 Å². The summed E-state index contributed by atoms with van der Waals surface area (Å²) in [5.41, 5.74) is 5.44. The fourth-order valence-corrected chi connectivity index (χ4v) is 4.06. The van der Waals surface area contributed by atoms with Gasteiger partial charge in [0.2, 0.25) is 0 Å². The van der Waals surface area contributed by atoms with Crippen LogP contribution in [-0.2, 0) is 12.8 Å². The zero-order chi connectivity index (χ0) is 19.7. The first-order valence-electron chi connectivity index (χ1n) is 9.64. The van der Waals surface area contributed by atoms with Crippen LogP contribution in [0.4, 0.5) is 0 Å². The van der Waals surface area contributed by atoms with Crippen molar-refractivity contribution in [1.29, 1.82) is 0 Å². The molecule has 1 aliphatic heterocycles. The van der Waals surface area contributed by atoms with Crippen molar-refractivity contribution in [1.82, 2.24) is 0 Å². The highest BCUT2D eigenvalue weighted by Gasteiger charge is 2.32. The van der Waals surface area contributed by atoms with Gasteiger partial charge in [-0.05, 0) is 67.1 Å². The van der Waals surface area contributed by atoms with E-state index in [1.807, 2.05) is 24.3 Å². The maximum Gasteiger partial charge on any atom is 0.336 e. The van der Waals surface area contributed by atoms with Gasteiger partial charge < -0.3 is 9.84 Å². The topological polar surface area (TPSA) is 46.5 Å². The highest BCUT2D eigenvalue weighted by molar-refractivity contribution is 5.96. The third kappa shape index (κ3) is 3.65. The Hall–Kier alpha value is -3.07. The first-order chi connectivity index (χ1) is 13.4. The Morgan fingerprint density at radius 1 is 1.07 bits per heavy atom. The molecule has 3 aromatic carbocycles. The summed E-state index contributed by atoms with van der Waals surface area (Å²) in [6, 6.07) is 21.7. The van der Waals surface area contributed by atoms with Crippen LogP contribution in [0.25, 0.3) is 11.1 Å². The molecular weight excluding hydrogens is 348 g/mol. The van der Waals surface area contributed by atoms with E-state index in [9.17, 15) is 9.90 Å². The standard InChI is InChI=1S/C25H24O3/c1-17-6-5-7-18(14-17)16-25(2)13-12-20-15-19(10-11-23(20)28-25)21-8-3-4-9-22(21)24(26)27/h3-11,14-15H,12-13,16H2,1-2H3,(H,26,27)/t25-/m1/s1. The number of aryl methyl sites for hydroxylation is 2. The van der Waals surface area contributed by atoms with Crippen molar-refractivity contribution in [2.75, 3.05) is 0 Å². The summed E-state index contributed by atoms with van der Waals surface area (Å²) in [6.07, 6.45) is 2.72. The van der Waals surface area contributed by atoms with Gasteiger partial charge in [-0.1, -0.05) is 54.1 Å². The molecule has 142 valence electrons. The van der Waals surface area contributed by atoms with Gasteiger partial charge in [-0.3, -0.25) is 0 Å². The molecule has 1 heterocycles. The first kappa shape index (κ1) is 18.3. The number of ether oxygens (including phenoxy) is 1. The average Bonchev–Trinajstić information content (AvgIpc) is 2.67. The van der Waals surface area contributed by atoms with Crippen LogP contribution in [0, 0.1) is 6.92 Å². The average molecular weight is 372 g/mol. The SMILES string of the molecule is Cc1cccc(C[C@@]2(C)CCc3cc(-c4ccccc4C(=O)O)ccc3O2)c1. The zero-order valence-electron chi connectivity index (χ0n) is 16.2. The molecule has 1 N–H and O–H groups in total. The summed E-state index contributed by atoms with van der Waals surface area (Å²) in [5, 5.41) is 9.47. The van der Waals surface area contributed by atoms with E-state index in [0.29, 0.717) is 5.56 Å². The van der Waals surface area contributed by atoms with Gasteiger partial charge in [-0.2, -0.15) is 0 Å².